The van der Waals surface area contributed by atoms with Crippen LogP contribution in [0, 0.1) is 0 Å². The number of urea groups is 1. The molecule has 0 bridgehead atoms. The van der Waals surface area contributed by atoms with Crippen LogP contribution in [0.5, 0.6) is 0 Å². The Hall–Kier alpha value is -2.41. The third-order valence-corrected chi connectivity index (χ3v) is 5.93. The van der Waals surface area contributed by atoms with Crippen LogP contribution >= 0.6 is 0 Å². The van der Waals surface area contributed by atoms with Crippen molar-refractivity contribution >= 4 is 6.03 Å². The van der Waals surface area contributed by atoms with Crippen LogP contribution in [0.25, 0.3) is 0 Å². The number of likely N-dealkylation sites (tertiary alicyclic amines) is 2. The second kappa shape index (κ2) is 8.53. The van der Waals surface area contributed by atoms with E-state index in [4.69, 9.17) is 0 Å². The molecule has 0 aromatic heterocycles. The van der Waals surface area contributed by atoms with Crippen molar-refractivity contribution in [3.05, 3.63) is 71.3 Å². The van der Waals surface area contributed by atoms with Gasteiger partial charge in [-0.15, -0.1) is 0 Å². The molecule has 0 radical (unpaired) electrons. The summed E-state index contributed by atoms with van der Waals surface area (Å²) in [6.45, 7) is 3.85. The van der Waals surface area contributed by atoms with E-state index < -0.39 is 5.60 Å². The standard InChI is InChI=1S/C23H29N3O3/c27-21-10-12-25(13-11-21)15-19-8-6-18(7-9-19)14-24-22(28)26-16-23(29,17-26)20-4-2-1-3-5-20/h1-9,21,27,29H,10-17H2,(H,24,28). The van der Waals surface area contributed by atoms with Crippen LogP contribution in [0.3, 0.4) is 0 Å². The van der Waals surface area contributed by atoms with Gasteiger partial charge in [0.15, 0.2) is 0 Å². The molecular formula is C23H29N3O3. The molecule has 3 N–H and O–H groups in total. The van der Waals surface area contributed by atoms with Crippen LogP contribution in [-0.4, -0.2) is 58.3 Å². The van der Waals surface area contributed by atoms with E-state index in [0.717, 1.165) is 43.6 Å². The van der Waals surface area contributed by atoms with Crippen LogP contribution < -0.4 is 5.32 Å². The highest BCUT2D eigenvalue weighted by Crippen LogP contribution is 2.31. The quantitative estimate of drug-likeness (QED) is 0.724. The molecule has 154 valence electrons. The highest BCUT2D eigenvalue weighted by molar-refractivity contribution is 5.75. The zero-order valence-corrected chi connectivity index (χ0v) is 16.6. The van der Waals surface area contributed by atoms with E-state index in [0.29, 0.717) is 19.6 Å². The minimum absolute atomic E-state index is 0.146. The highest BCUT2D eigenvalue weighted by Gasteiger charge is 2.44. The third-order valence-electron chi connectivity index (χ3n) is 5.93. The van der Waals surface area contributed by atoms with Gasteiger partial charge < -0.3 is 20.4 Å². The lowest BCUT2D eigenvalue weighted by Crippen LogP contribution is -2.63. The number of rotatable bonds is 5. The largest absolute Gasteiger partial charge is 0.393 e. The Balaban J connectivity index is 1.22. The van der Waals surface area contributed by atoms with Crippen molar-refractivity contribution in [3.8, 4) is 0 Å². The lowest BCUT2D eigenvalue weighted by atomic mass is 9.86. The van der Waals surface area contributed by atoms with Crippen LogP contribution in [0.1, 0.15) is 29.5 Å². The summed E-state index contributed by atoms with van der Waals surface area (Å²) in [7, 11) is 0. The Labute approximate surface area is 171 Å². The predicted octanol–water partition coefficient (Wildman–Crippen LogP) is 2.06. The number of benzene rings is 2. The first-order valence-electron chi connectivity index (χ1n) is 10.3. The van der Waals surface area contributed by atoms with Gasteiger partial charge in [0.25, 0.3) is 0 Å². The van der Waals surface area contributed by atoms with Crippen molar-refractivity contribution in [1.29, 1.82) is 0 Å². The first-order valence-corrected chi connectivity index (χ1v) is 10.3. The van der Waals surface area contributed by atoms with Crippen LogP contribution in [-0.2, 0) is 18.7 Å². The Bertz CT molecular complexity index is 811. The summed E-state index contributed by atoms with van der Waals surface area (Å²) in [5.41, 5.74) is 2.20. The molecule has 0 spiro atoms. The molecule has 0 aliphatic carbocycles. The summed E-state index contributed by atoms with van der Waals surface area (Å²) in [4.78, 5) is 16.3. The molecule has 2 heterocycles. The van der Waals surface area contributed by atoms with Crippen LogP contribution in [0.2, 0.25) is 0 Å². The molecule has 2 saturated heterocycles. The van der Waals surface area contributed by atoms with Crippen molar-refractivity contribution in [1.82, 2.24) is 15.1 Å². The molecule has 0 atom stereocenters. The number of amides is 2. The van der Waals surface area contributed by atoms with E-state index in [1.807, 2.05) is 42.5 Å². The summed E-state index contributed by atoms with van der Waals surface area (Å²) in [6.07, 6.45) is 1.55. The van der Waals surface area contributed by atoms with Crippen LogP contribution in [0.4, 0.5) is 4.79 Å². The van der Waals surface area contributed by atoms with Gasteiger partial charge in [-0.2, -0.15) is 0 Å². The molecule has 2 aliphatic rings. The van der Waals surface area contributed by atoms with Crippen molar-refractivity contribution < 1.29 is 15.0 Å². The number of nitrogens with zero attached hydrogens (tertiary/aromatic N) is 2. The monoisotopic (exact) mass is 395 g/mol. The molecular weight excluding hydrogens is 366 g/mol. The Kier molecular flexibility index (Phi) is 5.85. The third kappa shape index (κ3) is 4.78. The maximum Gasteiger partial charge on any atom is 0.317 e. The van der Waals surface area contributed by atoms with E-state index in [1.54, 1.807) is 4.90 Å². The Morgan fingerprint density at radius 2 is 1.62 bits per heavy atom. The second-order valence-corrected chi connectivity index (χ2v) is 8.24. The average molecular weight is 396 g/mol. The summed E-state index contributed by atoms with van der Waals surface area (Å²) >= 11 is 0. The molecule has 2 aromatic carbocycles. The summed E-state index contributed by atoms with van der Waals surface area (Å²) in [5, 5.41) is 23.2. The van der Waals surface area contributed by atoms with Crippen molar-refractivity contribution in [3.63, 3.8) is 0 Å². The number of carbonyl (C=O) groups is 1. The fourth-order valence-corrected chi connectivity index (χ4v) is 4.05. The fraction of sp³-hybridized carbons (Fsp3) is 0.435. The van der Waals surface area contributed by atoms with Gasteiger partial charge in [0, 0.05) is 26.2 Å². The molecule has 2 aromatic rings. The van der Waals surface area contributed by atoms with E-state index >= 15 is 0 Å². The number of aliphatic hydroxyl groups is 2. The van der Waals surface area contributed by atoms with Gasteiger partial charge in [0.1, 0.15) is 5.60 Å². The van der Waals surface area contributed by atoms with Gasteiger partial charge >= 0.3 is 6.03 Å². The molecule has 0 saturated carbocycles. The number of hydrogen-bond donors (Lipinski definition) is 3. The second-order valence-electron chi connectivity index (χ2n) is 8.24. The number of hydrogen-bond acceptors (Lipinski definition) is 4. The predicted molar refractivity (Wildman–Crippen MR) is 111 cm³/mol. The minimum Gasteiger partial charge on any atom is -0.393 e. The van der Waals surface area contributed by atoms with Crippen molar-refractivity contribution in [2.45, 2.75) is 37.6 Å². The van der Waals surface area contributed by atoms with E-state index in [9.17, 15) is 15.0 Å². The zero-order chi connectivity index (χ0) is 20.3. The molecule has 2 aliphatic heterocycles. The van der Waals surface area contributed by atoms with E-state index in [1.165, 1.54) is 5.56 Å². The van der Waals surface area contributed by atoms with Gasteiger partial charge in [-0.05, 0) is 29.5 Å². The summed E-state index contributed by atoms with van der Waals surface area (Å²) in [6, 6.07) is 17.6. The molecule has 4 rings (SSSR count). The lowest BCUT2D eigenvalue weighted by molar-refractivity contribution is -0.0816. The average Bonchev–Trinajstić information content (AvgIpc) is 2.73. The normalized spacial score (nSPS) is 19.6. The van der Waals surface area contributed by atoms with Gasteiger partial charge in [-0.25, -0.2) is 4.79 Å². The lowest BCUT2D eigenvalue weighted by Gasteiger charge is -2.46. The number of piperidine rings is 1. The zero-order valence-electron chi connectivity index (χ0n) is 16.6. The molecule has 6 heteroatoms. The topological polar surface area (TPSA) is 76.0 Å². The van der Waals surface area contributed by atoms with E-state index in [2.05, 4.69) is 22.3 Å². The SMILES string of the molecule is O=C(NCc1ccc(CN2CCC(O)CC2)cc1)N1CC(O)(c2ccccc2)C1. The van der Waals surface area contributed by atoms with E-state index in [-0.39, 0.29) is 12.1 Å². The van der Waals surface area contributed by atoms with Crippen LogP contribution in [0.15, 0.2) is 54.6 Å². The number of β-amino-alcohol motifs (C(OH)–C–C–N with tert-alkyl or cyclic N) is 1. The molecule has 2 fully saturated rings. The molecule has 0 unspecified atom stereocenters. The summed E-state index contributed by atoms with van der Waals surface area (Å²) < 4.78 is 0. The maximum atomic E-state index is 12.4. The Morgan fingerprint density at radius 1 is 1.00 bits per heavy atom. The van der Waals surface area contributed by atoms with Crippen molar-refractivity contribution in [2.24, 2.45) is 0 Å². The summed E-state index contributed by atoms with van der Waals surface area (Å²) in [5.74, 6) is 0. The first kappa shape index (κ1) is 19.9. The first-order chi connectivity index (χ1) is 14.0. The highest BCUT2D eigenvalue weighted by atomic mass is 16.3. The van der Waals surface area contributed by atoms with Crippen molar-refractivity contribution in [2.75, 3.05) is 26.2 Å². The minimum atomic E-state index is -0.940. The molecule has 29 heavy (non-hydrogen) atoms. The number of carbonyl (C=O) groups excluding carboxylic acids is 1. The maximum absolute atomic E-state index is 12.4. The number of nitrogens with one attached hydrogen (secondary N) is 1. The van der Waals surface area contributed by atoms with Gasteiger partial charge in [-0.1, -0.05) is 54.6 Å². The van der Waals surface area contributed by atoms with Gasteiger partial charge in [0.2, 0.25) is 0 Å². The fourth-order valence-electron chi connectivity index (χ4n) is 4.05. The smallest absolute Gasteiger partial charge is 0.317 e. The molecule has 6 nitrogen and oxygen atoms in total. The van der Waals surface area contributed by atoms with Gasteiger partial charge in [-0.3, -0.25) is 4.90 Å². The molecule has 2 amide bonds. The number of aliphatic hydroxyl groups excluding tert-OH is 1. The van der Waals surface area contributed by atoms with Gasteiger partial charge in [0.05, 0.1) is 19.2 Å². The Morgan fingerprint density at radius 3 is 2.28 bits per heavy atom.